The Kier molecular flexibility index (Phi) is 2.34. The Morgan fingerprint density at radius 2 is 2.11 bits per heavy atom. The average molecular weight is 260 g/mol. The normalized spacial score (nSPS) is 10.9. The highest BCUT2D eigenvalue weighted by molar-refractivity contribution is 7.18. The Hall–Kier alpha value is -2.28. The van der Waals surface area contributed by atoms with E-state index in [0.717, 1.165) is 22.5 Å². The van der Waals surface area contributed by atoms with Crippen LogP contribution in [0.4, 0.5) is 0 Å². The molecule has 3 rings (SSSR count). The molecule has 0 aliphatic heterocycles. The molecule has 0 aliphatic rings. The molecule has 0 radical (unpaired) electrons. The molecule has 6 nitrogen and oxygen atoms in total. The van der Waals surface area contributed by atoms with Crippen LogP contribution in [0, 0.1) is 6.92 Å². The van der Waals surface area contributed by atoms with Gasteiger partial charge in [-0.15, -0.1) is 15.3 Å². The topological polar surface area (TPSA) is 80.4 Å². The predicted molar refractivity (Wildman–Crippen MR) is 65.8 cm³/mol. The largest absolute Gasteiger partial charge is 0.476 e. The lowest BCUT2D eigenvalue weighted by Gasteiger charge is -2.00. The van der Waals surface area contributed by atoms with E-state index >= 15 is 0 Å². The van der Waals surface area contributed by atoms with Crippen LogP contribution < -0.4 is 0 Å². The molecule has 7 heteroatoms. The minimum absolute atomic E-state index is 0.00901. The van der Waals surface area contributed by atoms with Crippen molar-refractivity contribution in [1.29, 1.82) is 0 Å². The molecule has 1 N–H and O–H groups in total. The summed E-state index contributed by atoms with van der Waals surface area (Å²) < 4.78 is 1.47. The first-order valence-electron chi connectivity index (χ1n) is 5.18. The number of benzene rings is 1. The highest BCUT2D eigenvalue weighted by Gasteiger charge is 2.17. The second kappa shape index (κ2) is 3.88. The Bertz CT molecular complexity index is 746. The van der Waals surface area contributed by atoms with Gasteiger partial charge in [-0.2, -0.15) is 4.52 Å². The number of aryl methyl sites for hydroxylation is 1. The number of aromatic carboxylic acids is 1. The number of hydrogen-bond acceptors (Lipinski definition) is 5. The van der Waals surface area contributed by atoms with E-state index in [1.54, 1.807) is 0 Å². The molecule has 90 valence electrons. The Balaban J connectivity index is 2.24. The molecule has 3 aromatic rings. The number of carbonyl (C=O) groups is 1. The molecule has 1 aromatic carbocycles. The second-order valence-corrected chi connectivity index (χ2v) is 4.70. The molecule has 18 heavy (non-hydrogen) atoms. The number of carboxylic acids is 1. The number of fused-ring (bicyclic) bond motifs is 1. The summed E-state index contributed by atoms with van der Waals surface area (Å²) in [4.78, 5) is 11.3. The van der Waals surface area contributed by atoms with E-state index in [-0.39, 0.29) is 5.01 Å². The fraction of sp³-hybridized carbons (Fsp3) is 0.0909. The lowest BCUT2D eigenvalue weighted by atomic mass is 10.1. The smallest absolute Gasteiger partial charge is 0.367 e. The van der Waals surface area contributed by atoms with E-state index in [1.165, 1.54) is 4.52 Å². The molecule has 0 bridgehead atoms. The number of hydrogen-bond donors (Lipinski definition) is 1. The van der Waals surface area contributed by atoms with E-state index in [2.05, 4.69) is 15.3 Å². The van der Waals surface area contributed by atoms with Crippen molar-refractivity contribution in [3.63, 3.8) is 0 Å². The minimum Gasteiger partial charge on any atom is -0.476 e. The lowest BCUT2D eigenvalue weighted by molar-refractivity contribution is 0.0695. The van der Waals surface area contributed by atoms with Crippen LogP contribution in [0.25, 0.3) is 16.3 Å². The van der Waals surface area contributed by atoms with Gasteiger partial charge in [-0.05, 0) is 12.5 Å². The van der Waals surface area contributed by atoms with Gasteiger partial charge < -0.3 is 5.11 Å². The molecule has 2 aromatic heterocycles. The maximum atomic E-state index is 10.9. The minimum atomic E-state index is -1.05. The Labute approximate surface area is 106 Å². The van der Waals surface area contributed by atoms with Gasteiger partial charge in [0.2, 0.25) is 9.97 Å². The number of rotatable bonds is 2. The molecule has 0 unspecified atom stereocenters. The van der Waals surface area contributed by atoms with Gasteiger partial charge in [0.1, 0.15) is 0 Å². The van der Waals surface area contributed by atoms with Crippen LogP contribution >= 0.6 is 11.3 Å². The molecule has 0 atom stereocenters. The molecule has 0 amide bonds. The van der Waals surface area contributed by atoms with Crippen LogP contribution in [0.1, 0.15) is 15.4 Å². The molecular formula is C11H8N4O2S. The van der Waals surface area contributed by atoms with Crippen LogP contribution in [-0.4, -0.2) is 30.9 Å². The van der Waals surface area contributed by atoms with E-state index in [0.29, 0.717) is 10.8 Å². The zero-order valence-electron chi connectivity index (χ0n) is 9.36. The molecule has 0 saturated heterocycles. The maximum absolute atomic E-state index is 10.9. The van der Waals surface area contributed by atoms with E-state index in [1.807, 2.05) is 31.2 Å². The van der Waals surface area contributed by atoms with Crippen LogP contribution in [-0.2, 0) is 0 Å². The van der Waals surface area contributed by atoms with Gasteiger partial charge in [0.15, 0.2) is 5.82 Å². The summed E-state index contributed by atoms with van der Waals surface area (Å²) in [6.07, 6.45) is 0. The van der Waals surface area contributed by atoms with Crippen LogP contribution in [0.3, 0.4) is 0 Å². The molecule has 0 saturated carbocycles. The van der Waals surface area contributed by atoms with Crippen molar-refractivity contribution in [2.24, 2.45) is 0 Å². The van der Waals surface area contributed by atoms with Gasteiger partial charge in [0, 0.05) is 5.56 Å². The third kappa shape index (κ3) is 1.56. The number of carboxylic acid groups (broad SMARTS) is 1. The first kappa shape index (κ1) is 10.8. The summed E-state index contributed by atoms with van der Waals surface area (Å²) in [7, 11) is 0. The number of aromatic nitrogens is 4. The SMILES string of the molecule is Cc1ccccc1-c1nnc2sc(C(=O)O)nn12. The predicted octanol–water partition coefficient (Wildman–Crippen LogP) is 1.86. The number of nitrogens with zero attached hydrogens (tertiary/aromatic N) is 4. The van der Waals surface area contributed by atoms with E-state index < -0.39 is 5.97 Å². The van der Waals surface area contributed by atoms with Gasteiger partial charge in [-0.1, -0.05) is 35.6 Å². The third-order valence-corrected chi connectivity index (χ3v) is 3.45. The van der Waals surface area contributed by atoms with Crippen molar-refractivity contribution in [2.45, 2.75) is 6.92 Å². The highest BCUT2D eigenvalue weighted by atomic mass is 32.1. The van der Waals surface area contributed by atoms with Gasteiger partial charge >= 0.3 is 5.97 Å². The average Bonchev–Trinajstić information content (AvgIpc) is 2.89. The zero-order valence-corrected chi connectivity index (χ0v) is 10.2. The van der Waals surface area contributed by atoms with Crippen molar-refractivity contribution < 1.29 is 9.90 Å². The summed E-state index contributed by atoms with van der Waals surface area (Å²) in [5.41, 5.74) is 1.93. The van der Waals surface area contributed by atoms with Gasteiger partial charge in [0.25, 0.3) is 0 Å². The van der Waals surface area contributed by atoms with Gasteiger partial charge in [0.05, 0.1) is 0 Å². The summed E-state index contributed by atoms with van der Waals surface area (Å²) in [6, 6.07) is 7.70. The molecule has 2 heterocycles. The summed E-state index contributed by atoms with van der Waals surface area (Å²) in [6.45, 7) is 1.96. The molecule has 0 spiro atoms. The molecule has 0 fully saturated rings. The zero-order chi connectivity index (χ0) is 12.7. The lowest BCUT2D eigenvalue weighted by Crippen LogP contribution is -1.98. The summed E-state index contributed by atoms with van der Waals surface area (Å²) >= 11 is 1.01. The first-order chi connectivity index (χ1) is 8.66. The molecule has 0 aliphatic carbocycles. The third-order valence-electron chi connectivity index (χ3n) is 2.56. The maximum Gasteiger partial charge on any atom is 0.367 e. The van der Waals surface area contributed by atoms with Crippen LogP contribution in [0.5, 0.6) is 0 Å². The van der Waals surface area contributed by atoms with Crippen molar-refractivity contribution in [1.82, 2.24) is 19.8 Å². The summed E-state index contributed by atoms with van der Waals surface area (Å²) in [5.74, 6) is -0.493. The fourth-order valence-corrected chi connectivity index (χ4v) is 2.37. The Morgan fingerprint density at radius 3 is 2.83 bits per heavy atom. The van der Waals surface area contributed by atoms with Gasteiger partial charge in [-0.3, -0.25) is 0 Å². The van der Waals surface area contributed by atoms with Crippen molar-refractivity contribution in [2.75, 3.05) is 0 Å². The van der Waals surface area contributed by atoms with Crippen LogP contribution in [0.15, 0.2) is 24.3 Å². The van der Waals surface area contributed by atoms with Crippen molar-refractivity contribution in [3.8, 4) is 11.4 Å². The highest BCUT2D eigenvalue weighted by Crippen LogP contribution is 2.23. The van der Waals surface area contributed by atoms with Gasteiger partial charge in [-0.25, -0.2) is 4.79 Å². The quantitative estimate of drug-likeness (QED) is 0.760. The standard InChI is InChI=1S/C11H8N4O2S/c1-6-4-2-3-5-7(6)8-12-13-11-15(8)14-9(18-11)10(16)17/h2-5H,1H3,(H,16,17). The summed E-state index contributed by atoms with van der Waals surface area (Å²) in [5, 5.41) is 20.9. The second-order valence-electron chi connectivity index (χ2n) is 3.75. The van der Waals surface area contributed by atoms with E-state index in [4.69, 9.17) is 5.11 Å². The van der Waals surface area contributed by atoms with E-state index in [9.17, 15) is 4.79 Å². The van der Waals surface area contributed by atoms with Crippen LogP contribution in [0.2, 0.25) is 0 Å². The monoisotopic (exact) mass is 260 g/mol. The van der Waals surface area contributed by atoms with Crippen molar-refractivity contribution in [3.05, 3.63) is 34.8 Å². The Morgan fingerprint density at radius 1 is 1.33 bits per heavy atom. The fourth-order valence-electron chi connectivity index (χ4n) is 1.70. The first-order valence-corrected chi connectivity index (χ1v) is 6.00. The molecular weight excluding hydrogens is 252 g/mol. The van der Waals surface area contributed by atoms with Crippen molar-refractivity contribution >= 4 is 22.3 Å².